The van der Waals surface area contributed by atoms with Crippen molar-refractivity contribution in [3.05, 3.63) is 24.0 Å². The number of nitrogens with one attached hydrogen (secondary N) is 1. The Kier molecular flexibility index (Phi) is 5.12. The van der Waals surface area contributed by atoms with E-state index >= 15 is 0 Å². The van der Waals surface area contributed by atoms with Crippen LogP contribution in [0.25, 0.3) is 0 Å². The van der Waals surface area contributed by atoms with E-state index < -0.39 is 0 Å². The fourth-order valence-corrected chi connectivity index (χ4v) is 1.55. The molecule has 1 N–H and O–H groups in total. The second-order valence-electron chi connectivity index (χ2n) is 4.18. The van der Waals surface area contributed by atoms with Gasteiger partial charge >= 0.3 is 6.03 Å². The predicted octanol–water partition coefficient (Wildman–Crippen LogP) is 2.40. The maximum absolute atomic E-state index is 12.0. The van der Waals surface area contributed by atoms with Crippen molar-refractivity contribution >= 4 is 11.7 Å². The molecule has 1 aromatic rings. The highest BCUT2D eigenvalue weighted by atomic mass is 16.2. The molecule has 0 aliphatic heterocycles. The number of carbonyl (C=O) groups excluding carboxylic acids is 1. The van der Waals surface area contributed by atoms with Gasteiger partial charge in [-0.25, -0.2) is 4.79 Å². The number of pyridine rings is 1. The molecule has 0 radical (unpaired) electrons. The minimum absolute atomic E-state index is 0.171. The molecule has 0 aromatic carbocycles. The summed E-state index contributed by atoms with van der Waals surface area (Å²) in [5, 5.41) is 11.6. The van der Waals surface area contributed by atoms with Crippen molar-refractivity contribution in [1.29, 1.82) is 5.26 Å². The molecule has 2 amide bonds. The summed E-state index contributed by atoms with van der Waals surface area (Å²) >= 11 is 0. The van der Waals surface area contributed by atoms with Crippen molar-refractivity contribution in [3.63, 3.8) is 0 Å². The molecule has 5 nitrogen and oxygen atoms in total. The Morgan fingerprint density at radius 1 is 1.67 bits per heavy atom. The largest absolute Gasteiger partial charge is 0.324 e. The van der Waals surface area contributed by atoms with Crippen LogP contribution >= 0.6 is 0 Å². The van der Waals surface area contributed by atoms with Crippen LogP contribution in [0.15, 0.2) is 18.3 Å². The molecule has 0 saturated carbocycles. The summed E-state index contributed by atoms with van der Waals surface area (Å²) in [6.45, 7) is 6.56. The van der Waals surface area contributed by atoms with E-state index in [4.69, 9.17) is 5.26 Å². The number of urea groups is 1. The molecule has 18 heavy (non-hydrogen) atoms. The van der Waals surface area contributed by atoms with Gasteiger partial charge < -0.3 is 10.2 Å². The number of aryl methyl sites for hydroxylation is 1. The summed E-state index contributed by atoms with van der Waals surface area (Å²) in [6.07, 6.45) is 1.65. The van der Waals surface area contributed by atoms with Crippen molar-refractivity contribution in [1.82, 2.24) is 9.88 Å². The van der Waals surface area contributed by atoms with E-state index in [1.54, 1.807) is 30.2 Å². The van der Waals surface area contributed by atoms with Crippen LogP contribution in [0.3, 0.4) is 0 Å². The smallest absolute Gasteiger partial charge is 0.321 e. The van der Waals surface area contributed by atoms with E-state index in [2.05, 4.69) is 16.4 Å². The zero-order valence-corrected chi connectivity index (χ0v) is 11.0. The van der Waals surface area contributed by atoms with Gasteiger partial charge in [0, 0.05) is 30.7 Å². The average Bonchev–Trinajstić information content (AvgIpc) is 2.35. The molecule has 0 saturated heterocycles. The van der Waals surface area contributed by atoms with E-state index in [-0.39, 0.29) is 11.9 Å². The first kappa shape index (κ1) is 14.0. The minimum atomic E-state index is -0.190. The number of rotatable bonds is 4. The number of carbonyl (C=O) groups is 1. The summed E-state index contributed by atoms with van der Waals surface area (Å²) in [4.78, 5) is 17.7. The highest BCUT2D eigenvalue weighted by Crippen LogP contribution is 2.09. The normalized spacial score (nSPS) is 11.4. The van der Waals surface area contributed by atoms with Crippen LogP contribution in [0.4, 0.5) is 10.5 Å². The molecule has 0 bridgehead atoms. The molecule has 1 atom stereocenters. The quantitative estimate of drug-likeness (QED) is 0.886. The third kappa shape index (κ3) is 4.06. The van der Waals surface area contributed by atoms with E-state index in [1.807, 2.05) is 13.8 Å². The van der Waals surface area contributed by atoms with E-state index in [9.17, 15) is 4.79 Å². The minimum Gasteiger partial charge on any atom is -0.324 e. The molecule has 1 heterocycles. The van der Waals surface area contributed by atoms with Gasteiger partial charge in [0.05, 0.1) is 12.0 Å². The van der Waals surface area contributed by atoms with Crippen LogP contribution < -0.4 is 5.32 Å². The topological polar surface area (TPSA) is 69.0 Å². The number of amides is 2. The SMILES string of the molecule is CCN(CC(C)C#N)C(=O)Nc1ccnc(C)c1. The van der Waals surface area contributed by atoms with Gasteiger partial charge in [-0.2, -0.15) is 5.26 Å². The summed E-state index contributed by atoms with van der Waals surface area (Å²) in [6, 6.07) is 5.48. The van der Waals surface area contributed by atoms with Crippen LogP contribution in [-0.4, -0.2) is 29.0 Å². The van der Waals surface area contributed by atoms with Crippen molar-refractivity contribution in [2.75, 3.05) is 18.4 Å². The zero-order chi connectivity index (χ0) is 13.5. The van der Waals surface area contributed by atoms with Crippen LogP contribution in [-0.2, 0) is 0 Å². The summed E-state index contributed by atoms with van der Waals surface area (Å²) in [7, 11) is 0. The van der Waals surface area contributed by atoms with E-state index in [0.717, 1.165) is 11.4 Å². The zero-order valence-electron chi connectivity index (χ0n) is 11.0. The van der Waals surface area contributed by atoms with Crippen molar-refractivity contribution in [3.8, 4) is 6.07 Å². The molecule has 0 spiro atoms. The molecule has 0 aliphatic rings. The molecule has 96 valence electrons. The standard InChI is InChI=1S/C13H18N4O/c1-4-17(9-10(2)8-14)13(18)16-12-5-6-15-11(3)7-12/h5-7,10H,4,9H2,1-3H3,(H,15,16,18). The lowest BCUT2D eigenvalue weighted by Crippen LogP contribution is -2.37. The number of aromatic nitrogens is 1. The van der Waals surface area contributed by atoms with Gasteiger partial charge in [-0.15, -0.1) is 0 Å². The third-order valence-corrected chi connectivity index (χ3v) is 2.53. The van der Waals surface area contributed by atoms with Gasteiger partial charge in [-0.05, 0) is 32.9 Å². The van der Waals surface area contributed by atoms with Crippen LogP contribution in [0.1, 0.15) is 19.5 Å². The average molecular weight is 246 g/mol. The maximum Gasteiger partial charge on any atom is 0.321 e. The molecule has 1 aromatic heterocycles. The van der Waals surface area contributed by atoms with Crippen LogP contribution in [0.2, 0.25) is 0 Å². The van der Waals surface area contributed by atoms with Crippen LogP contribution in [0, 0.1) is 24.2 Å². The van der Waals surface area contributed by atoms with Gasteiger partial charge in [0.1, 0.15) is 0 Å². The molecule has 0 fully saturated rings. The Morgan fingerprint density at radius 3 is 2.94 bits per heavy atom. The van der Waals surface area contributed by atoms with Crippen LogP contribution in [0.5, 0.6) is 0 Å². The van der Waals surface area contributed by atoms with Gasteiger partial charge in [0.15, 0.2) is 0 Å². The third-order valence-electron chi connectivity index (χ3n) is 2.53. The summed E-state index contributed by atoms with van der Waals surface area (Å²) < 4.78 is 0. The van der Waals surface area contributed by atoms with Crippen molar-refractivity contribution < 1.29 is 4.79 Å². The van der Waals surface area contributed by atoms with Crippen molar-refractivity contribution in [2.24, 2.45) is 5.92 Å². The molecule has 1 unspecified atom stereocenters. The fraction of sp³-hybridized carbons (Fsp3) is 0.462. The van der Waals surface area contributed by atoms with E-state index in [1.165, 1.54) is 0 Å². The Bertz CT molecular complexity index is 453. The second-order valence-corrected chi connectivity index (χ2v) is 4.18. The number of nitrogens with zero attached hydrogens (tertiary/aromatic N) is 3. The first-order valence-electron chi connectivity index (χ1n) is 5.95. The van der Waals surface area contributed by atoms with Gasteiger partial charge in [-0.3, -0.25) is 4.98 Å². The first-order valence-corrected chi connectivity index (χ1v) is 5.95. The second kappa shape index (κ2) is 6.60. The summed E-state index contributed by atoms with van der Waals surface area (Å²) in [5.74, 6) is -0.171. The van der Waals surface area contributed by atoms with Crippen molar-refractivity contribution in [2.45, 2.75) is 20.8 Å². The molecular weight excluding hydrogens is 228 g/mol. The molecule has 0 aliphatic carbocycles. The Morgan fingerprint density at radius 2 is 2.39 bits per heavy atom. The lowest BCUT2D eigenvalue weighted by molar-refractivity contribution is 0.210. The highest BCUT2D eigenvalue weighted by Gasteiger charge is 2.14. The summed E-state index contributed by atoms with van der Waals surface area (Å²) in [5.41, 5.74) is 1.57. The maximum atomic E-state index is 12.0. The van der Waals surface area contributed by atoms with Gasteiger partial charge in [0.2, 0.25) is 0 Å². The number of anilines is 1. The van der Waals surface area contributed by atoms with Gasteiger partial charge in [0.25, 0.3) is 0 Å². The van der Waals surface area contributed by atoms with E-state index in [0.29, 0.717) is 13.1 Å². The Labute approximate surface area is 107 Å². The number of nitriles is 1. The Hall–Kier alpha value is -2.09. The number of hydrogen-bond acceptors (Lipinski definition) is 3. The fourth-order valence-electron chi connectivity index (χ4n) is 1.55. The molecule has 5 heteroatoms. The Balaban J connectivity index is 2.66. The number of hydrogen-bond donors (Lipinski definition) is 1. The monoisotopic (exact) mass is 246 g/mol. The highest BCUT2D eigenvalue weighted by molar-refractivity contribution is 5.89. The first-order chi connectivity index (χ1) is 8.56. The molecular formula is C13H18N4O. The lowest BCUT2D eigenvalue weighted by Gasteiger charge is -2.22. The molecule has 1 rings (SSSR count). The lowest BCUT2D eigenvalue weighted by atomic mass is 10.2. The predicted molar refractivity (Wildman–Crippen MR) is 70.0 cm³/mol. The van der Waals surface area contributed by atoms with Gasteiger partial charge in [-0.1, -0.05) is 0 Å².